The molecule has 0 aliphatic carbocycles. The number of hydrogen-bond acceptors (Lipinski definition) is 3. The molecule has 0 aliphatic heterocycles. The molecule has 0 saturated heterocycles. The van der Waals surface area contributed by atoms with Crippen molar-refractivity contribution in [2.45, 2.75) is 26.8 Å². The lowest BCUT2D eigenvalue weighted by Gasteiger charge is -2.12. The van der Waals surface area contributed by atoms with Crippen molar-refractivity contribution in [1.29, 1.82) is 0 Å². The van der Waals surface area contributed by atoms with Crippen LogP contribution >= 0.6 is 0 Å². The molecule has 0 amide bonds. The fourth-order valence-corrected chi connectivity index (χ4v) is 2.57. The van der Waals surface area contributed by atoms with E-state index in [1.807, 2.05) is 54.3 Å². The van der Waals surface area contributed by atoms with Gasteiger partial charge >= 0.3 is 0 Å². The molecule has 3 aromatic rings. The van der Waals surface area contributed by atoms with E-state index in [9.17, 15) is 0 Å². The molecule has 0 radical (unpaired) electrons. The van der Waals surface area contributed by atoms with Crippen LogP contribution in [-0.4, -0.2) is 19.3 Å². The number of rotatable bonds is 4. The van der Waals surface area contributed by atoms with Crippen molar-refractivity contribution >= 4 is 0 Å². The molecular weight excluding hydrogens is 262 g/mol. The molecule has 0 unspecified atom stereocenters. The van der Waals surface area contributed by atoms with Crippen molar-refractivity contribution in [3.63, 3.8) is 0 Å². The minimum Gasteiger partial charge on any atom is -0.326 e. The molecule has 0 atom stereocenters. The summed E-state index contributed by atoms with van der Waals surface area (Å²) in [6.07, 6.45) is 4.64. The molecule has 2 aromatic heterocycles. The average molecular weight is 281 g/mol. The van der Waals surface area contributed by atoms with Crippen LogP contribution in [0.4, 0.5) is 0 Å². The van der Waals surface area contributed by atoms with Gasteiger partial charge in [0.15, 0.2) is 0 Å². The first-order chi connectivity index (χ1) is 10.3. The molecule has 0 saturated carbocycles. The van der Waals surface area contributed by atoms with Crippen LogP contribution in [0.25, 0.3) is 11.5 Å². The van der Waals surface area contributed by atoms with Gasteiger partial charge < -0.3 is 5.73 Å². The maximum Gasteiger partial charge on any atom is 0.146 e. The first kappa shape index (κ1) is 13.6. The Morgan fingerprint density at radius 3 is 2.62 bits per heavy atom. The summed E-state index contributed by atoms with van der Waals surface area (Å²) in [6, 6.07) is 10.1. The number of para-hydroxylation sites is 1. The van der Waals surface area contributed by atoms with Crippen LogP contribution in [0.3, 0.4) is 0 Å². The molecule has 21 heavy (non-hydrogen) atoms. The van der Waals surface area contributed by atoms with Gasteiger partial charge in [0.05, 0.1) is 11.4 Å². The second-order valence-electron chi connectivity index (χ2n) is 4.91. The van der Waals surface area contributed by atoms with Crippen LogP contribution in [0, 0.1) is 6.92 Å². The SMILES string of the molecule is CCc1nccn1-c1c(CN)c(C)nn1-c1ccccc1. The highest BCUT2D eigenvalue weighted by atomic mass is 15.4. The van der Waals surface area contributed by atoms with Crippen molar-refractivity contribution in [2.24, 2.45) is 5.73 Å². The highest BCUT2D eigenvalue weighted by Gasteiger charge is 2.18. The zero-order valence-corrected chi connectivity index (χ0v) is 12.3. The number of nitrogens with zero attached hydrogens (tertiary/aromatic N) is 4. The van der Waals surface area contributed by atoms with E-state index in [0.717, 1.165) is 35.0 Å². The van der Waals surface area contributed by atoms with Crippen LogP contribution in [0.15, 0.2) is 42.7 Å². The van der Waals surface area contributed by atoms with E-state index in [1.165, 1.54) is 0 Å². The summed E-state index contributed by atoms with van der Waals surface area (Å²) in [6.45, 7) is 4.54. The topological polar surface area (TPSA) is 61.7 Å². The maximum atomic E-state index is 5.95. The van der Waals surface area contributed by atoms with Gasteiger partial charge in [-0.25, -0.2) is 9.67 Å². The number of imidazole rings is 1. The summed E-state index contributed by atoms with van der Waals surface area (Å²) in [5.41, 5.74) is 8.97. The van der Waals surface area contributed by atoms with Gasteiger partial charge in [-0.15, -0.1) is 0 Å². The molecule has 3 rings (SSSR count). The van der Waals surface area contributed by atoms with Crippen molar-refractivity contribution in [2.75, 3.05) is 0 Å². The van der Waals surface area contributed by atoms with Gasteiger partial charge in [0.1, 0.15) is 11.6 Å². The maximum absolute atomic E-state index is 5.95. The number of aromatic nitrogens is 4. The Hall–Kier alpha value is -2.40. The van der Waals surface area contributed by atoms with E-state index in [2.05, 4.69) is 21.6 Å². The number of hydrogen-bond donors (Lipinski definition) is 1. The monoisotopic (exact) mass is 281 g/mol. The van der Waals surface area contributed by atoms with Crippen molar-refractivity contribution in [3.05, 3.63) is 59.8 Å². The number of nitrogens with two attached hydrogens (primary N) is 1. The van der Waals surface area contributed by atoms with Crippen LogP contribution in [0.5, 0.6) is 0 Å². The van der Waals surface area contributed by atoms with Gasteiger partial charge in [0, 0.05) is 30.9 Å². The van der Waals surface area contributed by atoms with Gasteiger partial charge in [0.2, 0.25) is 0 Å². The van der Waals surface area contributed by atoms with Gasteiger partial charge in [0.25, 0.3) is 0 Å². The van der Waals surface area contributed by atoms with E-state index in [4.69, 9.17) is 5.73 Å². The molecule has 2 N–H and O–H groups in total. The lowest BCUT2D eigenvalue weighted by Crippen LogP contribution is -2.11. The minimum absolute atomic E-state index is 0.454. The van der Waals surface area contributed by atoms with E-state index in [0.29, 0.717) is 6.54 Å². The number of aryl methyl sites for hydroxylation is 2. The summed E-state index contributed by atoms with van der Waals surface area (Å²) >= 11 is 0. The summed E-state index contributed by atoms with van der Waals surface area (Å²) in [4.78, 5) is 4.41. The quantitative estimate of drug-likeness (QED) is 0.798. The van der Waals surface area contributed by atoms with Crippen LogP contribution in [0.2, 0.25) is 0 Å². The molecule has 5 heteroatoms. The van der Waals surface area contributed by atoms with Gasteiger partial charge in [-0.1, -0.05) is 25.1 Å². The molecule has 0 bridgehead atoms. The predicted molar refractivity (Wildman–Crippen MR) is 82.7 cm³/mol. The molecule has 5 nitrogen and oxygen atoms in total. The Labute approximate surface area is 124 Å². The Bertz CT molecular complexity index is 739. The number of benzene rings is 1. The Morgan fingerprint density at radius 2 is 1.95 bits per heavy atom. The summed E-state index contributed by atoms with van der Waals surface area (Å²) < 4.78 is 4.02. The smallest absolute Gasteiger partial charge is 0.146 e. The Balaban J connectivity index is 2.27. The van der Waals surface area contributed by atoms with Crippen LogP contribution in [-0.2, 0) is 13.0 Å². The zero-order chi connectivity index (χ0) is 14.8. The third-order valence-corrected chi connectivity index (χ3v) is 3.62. The molecular formula is C16H19N5. The van der Waals surface area contributed by atoms with Gasteiger partial charge in [-0.2, -0.15) is 5.10 Å². The van der Waals surface area contributed by atoms with Crippen molar-refractivity contribution < 1.29 is 0 Å². The fourth-order valence-electron chi connectivity index (χ4n) is 2.57. The second-order valence-corrected chi connectivity index (χ2v) is 4.91. The molecule has 108 valence electrons. The van der Waals surface area contributed by atoms with E-state index in [-0.39, 0.29) is 0 Å². The minimum atomic E-state index is 0.454. The Kier molecular flexibility index (Phi) is 3.58. The predicted octanol–water partition coefficient (Wildman–Crippen LogP) is 2.39. The lowest BCUT2D eigenvalue weighted by molar-refractivity contribution is 0.778. The van der Waals surface area contributed by atoms with Crippen LogP contribution < -0.4 is 5.73 Å². The fraction of sp³-hybridized carbons (Fsp3) is 0.250. The summed E-state index contributed by atoms with van der Waals surface area (Å²) in [7, 11) is 0. The highest BCUT2D eigenvalue weighted by molar-refractivity contribution is 5.46. The lowest BCUT2D eigenvalue weighted by atomic mass is 10.2. The summed E-state index contributed by atoms with van der Waals surface area (Å²) in [5.74, 6) is 1.98. The first-order valence-electron chi connectivity index (χ1n) is 7.12. The molecule has 2 heterocycles. The highest BCUT2D eigenvalue weighted by Crippen LogP contribution is 2.23. The standard InChI is InChI=1S/C16H19N5/c1-3-15-18-9-10-20(15)16-14(11-17)12(2)19-21(16)13-7-5-4-6-8-13/h4-10H,3,11,17H2,1-2H3. The molecule has 0 spiro atoms. The normalized spacial score (nSPS) is 11.0. The van der Waals surface area contributed by atoms with E-state index in [1.54, 1.807) is 0 Å². The van der Waals surface area contributed by atoms with Crippen molar-refractivity contribution in [1.82, 2.24) is 19.3 Å². The van der Waals surface area contributed by atoms with E-state index < -0.39 is 0 Å². The van der Waals surface area contributed by atoms with Crippen molar-refractivity contribution in [3.8, 4) is 11.5 Å². The molecule has 0 aliphatic rings. The second kappa shape index (κ2) is 5.54. The third-order valence-electron chi connectivity index (χ3n) is 3.62. The average Bonchev–Trinajstić information content (AvgIpc) is 3.11. The van der Waals surface area contributed by atoms with Gasteiger partial charge in [-0.05, 0) is 19.1 Å². The van der Waals surface area contributed by atoms with Crippen LogP contribution in [0.1, 0.15) is 24.0 Å². The van der Waals surface area contributed by atoms with E-state index >= 15 is 0 Å². The summed E-state index contributed by atoms with van der Waals surface area (Å²) in [5, 5.41) is 4.67. The molecule has 0 fully saturated rings. The molecule has 1 aromatic carbocycles. The van der Waals surface area contributed by atoms with Gasteiger partial charge in [-0.3, -0.25) is 4.57 Å². The Morgan fingerprint density at radius 1 is 1.19 bits per heavy atom. The third kappa shape index (κ3) is 2.25. The first-order valence-corrected chi connectivity index (χ1v) is 7.12. The largest absolute Gasteiger partial charge is 0.326 e. The zero-order valence-electron chi connectivity index (χ0n) is 12.3.